The maximum absolute atomic E-state index is 11.7. The van der Waals surface area contributed by atoms with Gasteiger partial charge in [-0.1, -0.05) is 29.3 Å². The van der Waals surface area contributed by atoms with E-state index in [1.54, 1.807) is 12.1 Å². The van der Waals surface area contributed by atoms with Crippen molar-refractivity contribution >= 4 is 35.2 Å². The molecule has 5 nitrogen and oxygen atoms in total. The van der Waals surface area contributed by atoms with Gasteiger partial charge in [-0.25, -0.2) is 0 Å². The van der Waals surface area contributed by atoms with Gasteiger partial charge in [0.05, 0.1) is 5.75 Å². The van der Waals surface area contributed by atoms with Crippen LogP contribution in [0.5, 0.6) is 5.75 Å². The van der Waals surface area contributed by atoms with Gasteiger partial charge >= 0.3 is 0 Å². The SMILES string of the molecule is Cc1ccc(OCC(=O)NNC(=O)CSc2ccc(Cl)cc2)c(C)c1. The third kappa shape index (κ3) is 6.68. The number of hydrazine groups is 1. The number of rotatable bonds is 6. The van der Waals surface area contributed by atoms with Gasteiger partial charge in [0.1, 0.15) is 5.75 Å². The summed E-state index contributed by atoms with van der Waals surface area (Å²) in [5.74, 6) is 0.0924. The first-order chi connectivity index (χ1) is 11.9. The molecule has 7 heteroatoms. The van der Waals surface area contributed by atoms with E-state index in [1.165, 1.54) is 11.8 Å². The van der Waals surface area contributed by atoms with Crippen LogP contribution in [0.3, 0.4) is 0 Å². The highest BCUT2D eigenvalue weighted by Crippen LogP contribution is 2.20. The van der Waals surface area contributed by atoms with Crippen LogP contribution < -0.4 is 15.6 Å². The van der Waals surface area contributed by atoms with Crippen LogP contribution in [0.2, 0.25) is 5.02 Å². The Bertz CT molecular complexity index is 750. The largest absolute Gasteiger partial charge is 0.483 e. The summed E-state index contributed by atoms with van der Waals surface area (Å²) >= 11 is 7.15. The highest BCUT2D eigenvalue weighted by atomic mass is 35.5. The molecular formula is C18H19ClN2O3S. The van der Waals surface area contributed by atoms with Gasteiger partial charge < -0.3 is 4.74 Å². The zero-order chi connectivity index (χ0) is 18.2. The number of nitrogens with one attached hydrogen (secondary N) is 2. The normalized spacial score (nSPS) is 10.2. The van der Waals surface area contributed by atoms with Gasteiger partial charge in [0.15, 0.2) is 6.61 Å². The van der Waals surface area contributed by atoms with Crippen LogP contribution in [0.25, 0.3) is 0 Å². The number of benzene rings is 2. The molecule has 0 aliphatic heterocycles. The lowest BCUT2D eigenvalue weighted by Crippen LogP contribution is -2.44. The van der Waals surface area contributed by atoms with Crippen molar-refractivity contribution in [1.82, 2.24) is 10.9 Å². The Hall–Kier alpha value is -2.18. The van der Waals surface area contributed by atoms with Crippen LogP contribution in [0.15, 0.2) is 47.4 Å². The van der Waals surface area contributed by atoms with Crippen molar-refractivity contribution in [2.75, 3.05) is 12.4 Å². The lowest BCUT2D eigenvalue weighted by Gasteiger charge is -2.10. The van der Waals surface area contributed by atoms with E-state index in [4.69, 9.17) is 16.3 Å². The van der Waals surface area contributed by atoms with Crippen LogP contribution in [0, 0.1) is 13.8 Å². The van der Waals surface area contributed by atoms with Crippen molar-refractivity contribution in [3.05, 3.63) is 58.6 Å². The van der Waals surface area contributed by atoms with Gasteiger partial charge in [-0.05, 0) is 49.7 Å². The van der Waals surface area contributed by atoms with Crippen LogP contribution >= 0.6 is 23.4 Å². The van der Waals surface area contributed by atoms with Gasteiger partial charge in [-0.3, -0.25) is 20.4 Å². The summed E-state index contributed by atoms with van der Waals surface area (Å²) in [4.78, 5) is 24.4. The van der Waals surface area contributed by atoms with E-state index in [0.29, 0.717) is 10.8 Å². The Morgan fingerprint density at radius 3 is 2.40 bits per heavy atom. The van der Waals surface area contributed by atoms with Crippen molar-refractivity contribution in [1.29, 1.82) is 0 Å². The first-order valence-corrected chi connectivity index (χ1v) is 8.96. The van der Waals surface area contributed by atoms with E-state index >= 15 is 0 Å². The molecule has 2 aromatic carbocycles. The zero-order valence-electron chi connectivity index (χ0n) is 14.0. The molecule has 0 aliphatic rings. The second kappa shape index (κ2) is 9.34. The molecule has 0 aromatic heterocycles. The number of hydrogen-bond acceptors (Lipinski definition) is 4. The van der Waals surface area contributed by atoms with E-state index in [1.807, 2.05) is 44.2 Å². The minimum atomic E-state index is -0.426. The lowest BCUT2D eigenvalue weighted by atomic mass is 10.1. The number of ether oxygens (including phenoxy) is 1. The molecule has 2 amide bonds. The minimum absolute atomic E-state index is 0.172. The van der Waals surface area contributed by atoms with E-state index in [0.717, 1.165) is 16.0 Å². The molecule has 0 bridgehead atoms. The van der Waals surface area contributed by atoms with E-state index in [9.17, 15) is 9.59 Å². The van der Waals surface area contributed by atoms with Gasteiger partial charge in [-0.15, -0.1) is 11.8 Å². The standard InChI is InChI=1S/C18H19ClN2O3S/c1-12-3-8-16(13(2)9-12)24-10-17(22)20-21-18(23)11-25-15-6-4-14(19)5-7-15/h3-9H,10-11H2,1-2H3,(H,20,22)(H,21,23). The number of aryl methyl sites for hydroxylation is 2. The summed E-state index contributed by atoms with van der Waals surface area (Å²) in [6, 6.07) is 12.9. The number of carbonyl (C=O) groups excluding carboxylic acids is 2. The molecule has 0 atom stereocenters. The Morgan fingerprint density at radius 1 is 1.04 bits per heavy atom. The number of carbonyl (C=O) groups is 2. The van der Waals surface area contributed by atoms with Gasteiger partial charge in [-0.2, -0.15) is 0 Å². The van der Waals surface area contributed by atoms with Crippen molar-refractivity contribution in [2.24, 2.45) is 0 Å². The first-order valence-electron chi connectivity index (χ1n) is 7.60. The second-order valence-corrected chi connectivity index (χ2v) is 6.88. The summed E-state index contributed by atoms with van der Waals surface area (Å²) in [7, 11) is 0. The van der Waals surface area contributed by atoms with E-state index in [-0.39, 0.29) is 18.3 Å². The Kier molecular flexibility index (Phi) is 7.16. The monoisotopic (exact) mass is 378 g/mol. The van der Waals surface area contributed by atoms with Crippen LogP contribution in [-0.4, -0.2) is 24.2 Å². The molecule has 0 spiro atoms. The third-order valence-corrected chi connectivity index (χ3v) is 4.48. The van der Waals surface area contributed by atoms with Crippen molar-refractivity contribution < 1.29 is 14.3 Å². The quantitative estimate of drug-likeness (QED) is 0.598. The van der Waals surface area contributed by atoms with Crippen molar-refractivity contribution in [2.45, 2.75) is 18.7 Å². The first kappa shape index (κ1) is 19.1. The smallest absolute Gasteiger partial charge is 0.276 e. The average molecular weight is 379 g/mol. The van der Waals surface area contributed by atoms with Crippen LogP contribution in [-0.2, 0) is 9.59 Å². The highest BCUT2D eigenvalue weighted by molar-refractivity contribution is 8.00. The predicted octanol–water partition coefficient (Wildman–Crippen LogP) is 3.28. The molecule has 0 fully saturated rings. The fourth-order valence-electron chi connectivity index (χ4n) is 2.00. The topological polar surface area (TPSA) is 67.4 Å². The Morgan fingerprint density at radius 2 is 1.72 bits per heavy atom. The molecule has 0 radical (unpaired) electrons. The molecule has 0 saturated heterocycles. The van der Waals surface area contributed by atoms with Gasteiger partial charge in [0.25, 0.3) is 5.91 Å². The van der Waals surface area contributed by atoms with Crippen molar-refractivity contribution in [3.63, 3.8) is 0 Å². The Balaban J connectivity index is 1.68. The maximum Gasteiger partial charge on any atom is 0.276 e. The van der Waals surface area contributed by atoms with E-state index in [2.05, 4.69) is 10.9 Å². The molecule has 0 saturated carbocycles. The number of amides is 2. The third-order valence-electron chi connectivity index (χ3n) is 3.21. The summed E-state index contributed by atoms with van der Waals surface area (Å²) in [6.07, 6.45) is 0. The number of thioether (sulfide) groups is 1. The van der Waals surface area contributed by atoms with Crippen LogP contribution in [0.1, 0.15) is 11.1 Å². The maximum atomic E-state index is 11.7. The molecule has 132 valence electrons. The van der Waals surface area contributed by atoms with E-state index < -0.39 is 5.91 Å². The number of halogens is 1. The molecule has 0 unspecified atom stereocenters. The lowest BCUT2D eigenvalue weighted by molar-refractivity contribution is -0.128. The molecule has 0 aliphatic carbocycles. The molecular weight excluding hydrogens is 360 g/mol. The summed E-state index contributed by atoms with van der Waals surface area (Å²) in [5.41, 5.74) is 6.77. The summed E-state index contributed by atoms with van der Waals surface area (Å²) < 4.78 is 5.45. The predicted molar refractivity (Wildman–Crippen MR) is 99.9 cm³/mol. The molecule has 25 heavy (non-hydrogen) atoms. The highest BCUT2D eigenvalue weighted by Gasteiger charge is 2.07. The van der Waals surface area contributed by atoms with Crippen LogP contribution in [0.4, 0.5) is 0 Å². The molecule has 2 aromatic rings. The number of hydrogen-bond donors (Lipinski definition) is 2. The summed E-state index contributed by atoms with van der Waals surface area (Å²) in [5, 5.41) is 0.643. The second-order valence-electron chi connectivity index (χ2n) is 5.40. The van der Waals surface area contributed by atoms with Gasteiger partial charge in [0.2, 0.25) is 5.91 Å². The fraction of sp³-hybridized carbons (Fsp3) is 0.222. The van der Waals surface area contributed by atoms with Gasteiger partial charge in [0, 0.05) is 9.92 Å². The fourth-order valence-corrected chi connectivity index (χ4v) is 2.82. The zero-order valence-corrected chi connectivity index (χ0v) is 15.5. The average Bonchev–Trinajstić information content (AvgIpc) is 2.58. The Labute approximate surface area is 156 Å². The summed E-state index contributed by atoms with van der Waals surface area (Å²) in [6.45, 7) is 3.73. The molecule has 0 heterocycles. The minimum Gasteiger partial charge on any atom is -0.483 e. The molecule has 2 N–H and O–H groups in total. The van der Waals surface area contributed by atoms with Crippen molar-refractivity contribution in [3.8, 4) is 5.75 Å². The molecule has 2 rings (SSSR count).